The largest absolute Gasteiger partial charge is 0.494 e. The molecule has 5 N–H and O–H groups in total. The molecule has 1 aliphatic rings. The molecule has 216 valence electrons. The van der Waals surface area contributed by atoms with Gasteiger partial charge >= 0.3 is 5.97 Å². The molecule has 0 saturated heterocycles. The number of fused-ring (bicyclic) bond motifs is 2. The van der Waals surface area contributed by atoms with Gasteiger partial charge in [-0.2, -0.15) is 0 Å². The smallest absolute Gasteiger partial charge is 0.338 e. The first-order valence-electron chi connectivity index (χ1n) is 13.8. The van der Waals surface area contributed by atoms with E-state index in [1.54, 1.807) is 54.9 Å². The van der Waals surface area contributed by atoms with Crippen molar-refractivity contribution in [1.29, 1.82) is 0 Å². The van der Waals surface area contributed by atoms with Crippen LogP contribution in [0.2, 0.25) is 0 Å². The molecule has 0 atom stereocenters. The van der Waals surface area contributed by atoms with Crippen molar-refractivity contribution in [2.75, 3.05) is 16.0 Å². The lowest BCUT2D eigenvalue weighted by Gasteiger charge is -2.19. The minimum atomic E-state index is -0.619. The van der Waals surface area contributed by atoms with Gasteiger partial charge in [-0.3, -0.25) is 9.78 Å². The normalized spacial score (nSPS) is 13.2. The van der Waals surface area contributed by atoms with E-state index in [0.29, 0.717) is 44.7 Å². The van der Waals surface area contributed by atoms with Gasteiger partial charge in [0.1, 0.15) is 5.60 Å². The van der Waals surface area contributed by atoms with Crippen molar-refractivity contribution in [2.24, 2.45) is 4.99 Å². The lowest BCUT2D eigenvalue weighted by molar-refractivity contribution is -0.116. The van der Waals surface area contributed by atoms with E-state index < -0.39 is 17.7 Å². The Morgan fingerprint density at radius 2 is 1.65 bits per heavy atom. The zero-order valence-corrected chi connectivity index (χ0v) is 23.8. The number of carbonyl (C=O) groups is 2. The first kappa shape index (κ1) is 27.5. The molecule has 1 aliphatic heterocycles. The number of H-pyrrole nitrogens is 1. The van der Waals surface area contributed by atoms with Crippen LogP contribution >= 0.6 is 0 Å². The van der Waals surface area contributed by atoms with Crippen LogP contribution < -0.4 is 16.0 Å². The van der Waals surface area contributed by atoms with Gasteiger partial charge < -0.3 is 30.8 Å². The van der Waals surface area contributed by atoms with Gasteiger partial charge in [-0.15, -0.1) is 0 Å². The highest BCUT2D eigenvalue weighted by Crippen LogP contribution is 2.33. The van der Waals surface area contributed by atoms with E-state index in [4.69, 9.17) is 9.73 Å². The SMILES string of the molecule is CC(C)(C)OC(=O)c1ccc(N=C(c2cccnc2)c2c(O)[nH]c3cc(NC(=O)C4Nc5ccccc5N4)ccc23)cc1. The summed E-state index contributed by atoms with van der Waals surface area (Å²) in [6, 6.07) is 23.4. The second kappa shape index (κ2) is 11.0. The van der Waals surface area contributed by atoms with Crippen molar-refractivity contribution in [2.45, 2.75) is 32.5 Å². The van der Waals surface area contributed by atoms with Crippen LogP contribution in [-0.2, 0) is 9.53 Å². The van der Waals surface area contributed by atoms with Gasteiger partial charge in [-0.1, -0.05) is 12.1 Å². The zero-order chi connectivity index (χ0) is 30.1. The predicted octanol–water partition coefficient (Wildman–Crippen LogP) is 6.20. The fourth-order valence-corrected chi connectivity index (χ4v) is 4.83. The molecular formula is C33H30N6O4. The summed E-state index contributed by atoms with van der Waals surface area (Å²) in [5, 5.41) is 21.0. The third-order valence-corrected chi connectivity index (χ3v) is 6.75. The van der Waals surface area contributed by atoms with Crippen molar-refractivity contribution in [1.82, 2.24) is 9.97 Å². The second-order valence-electron chi connectivity index (χ2n) is 11.1. The van der Waals surface area contributed by atoms with Crippen LogP contribution in [0.15, 0.2) is 96.2 Å². The molecule has 10 nitrogen and oxygen atoms in total. The molecule has 0 fully saturated rings. The number of hydrogen-bond acceptors (Lipinski definition) is 8. The molecule has 0 saturated carbocycles. The first-order valence-corrected chi connectivity index (χ1v) is 13.8. The molecule has 0 aliphatic carbocycles. The van der Waals surface area contributed by atoms with Crippen molar-refractivity contribution in [3.05, 3.63) is 108 Å². The summed E-state index contributed by atoms with van der Waals surface area (Å²) in [7, 11) is 0. The van der Waals surface area contributed by atoms with E-state index in [1.807, 2.05) is 57.2 Å². The molecular weight excluding hydrogens is 544 g/mol. The highest BCUT2D eigenvalue weighted by Gasteiger charge is 2.26. The number of nitrogens with one attached hydrogen (secondary N) is 4. The lowest BCUT2D eigenvalue weighted by Crippen LogP contribution is -2.37. The minimum absolute atomic E-state index is 0.0824. The number of pyridine rings is 1. The maximum Gasteiger partial charge on any atom is 0.338 e. The number of rotatable bonds is 6. The zero-order valence-electron chi connectivity index (χ0n) is 23.8. The summed E-state index contributed by atoms with van der Waals surface area (Å²) in [6.07, 6.45) is 2.71. The quantitative estimate of drug-likeness (QED) is 0.120. The molecule has 0 radical (unpaired) electrons. The number of para-hydroxylation sites is 2. The van der Waals surface area contributed by atoms with Crippen molar-refractivity contribution in [3.63, 3.8) is 0 Å². The molecule has 5 aromatic rings. The number of benzene rings is 3. The number of aliphatic imine (C=N–C) groups is 1. The molecule has 3 aromatic carbocycles. The monoisotopic (exact) mass is 574 g/mol. The van der Waals surface area contributed by atoms with Crippen LogP contribution in [0.3, 0.4) is 0 Å². The fourth-order valence-electron chi connectivity index (χ4n) is 4.83. The number of aromatic hydroxyl groups is 1. The standard InChI is InChI=1S/C33H30N6O4/c1-33(2,3)43-32(42)19-10-12-21(13-11-19)35-28(20-7-6-16-34-18-20)27-23-15-14-22(17-26(23)39-30(27)40)36-31(41)29-37-24-8-4-5-9-25(24)38-29/h4-18,29,37-40H,1-3H3,(H,36,41). The van der Waals surface area contributed by atoms with Crippen molar-refractivity contribution < 1.29 is 19.4 Å². The minimum Gasteiger partial charge on any atom is -0.494 e. The van der Waals surface area contributed by atoms with Crippen LogP contribution in [0.25, 0.3) is 10.9 Å². The summed E-state index contributed by atoms with van der Waals surface area (Å²) in [5.74, 6) is -0.753. The molecule has 0 unspecified atom stereocenters. The van der Waals surface area contributed by atoms with E-state index in [-0.39, 0.29) is 11.8 Å². The third kappa shape index (κ3) is 5.89. The number of esters is 1. The van der Waals surface area contributed by atoms with Gasteiger partial charge in [0.2, 0.25) is 0 Å². The maximum atomic E-state index is 13.0. The van der Waals surface area contributed by atoms with Crippen molar-refractivity contribution in [3.8, 4) is 5.88 Å². The van der Waals surface area contributed by atoms with E-state index in [2.05, 4.69) is 25.9 Å². The van der Waals surface area contributed by atoms with E-state index in [0.717, 1.165) is 11.4 Å². The molecule has 2 aromatic heterocycles. The number of aromatic amines is 1. The molecule has 3 heterocycles. The first-order chi connectivity index (χ1) is 20.6. The molecule has 0 spiro atoms. The van der Waals surface area contributed by atoms with Crippen LogP contribution in [0, 0.1) is 0 Å². The van der Waals surface area contributed by atoms with Gasteiger partial charge in [0.05, 0.1) is 39.4 Å². The number of hydrogen-bond donors (Lipinski definition) is 5. The molecule has 1 amide bonds. The molecule has 10 heteroatoms. The predicted molar refractivity (Wildman–Crippen MR) is 167 cm³/mol. The van der Waals surface area contributed by atoms with E-state index >= 15 is 0 Å². The number of aromatic nitrogens is 2. The summed E-state index contributed by atoms with van der Waals surface area (Å²) in [6.45, 7) is 5.45. The lowest BCUT2D eigenvalue weighted by atomic mass is 10.0. The average molecular weight is 575 g/mol. The average Bonchev–Trinajstić information content (AvgIpc) is 3.56. The van der Waals surface area contributed by atoms with E-state index in [9.17, 15) is 14.7 Å². The summed E-state index contributed by atoms with van der Waals surface area (Å²) >= 11 is 0. The van der Waals surface area contributed by atoms with E-state index in [1.165, 1.54) is 0 Å². The van der Waals surface area contributed by atoms with Crippen LogP contribution in [0.4, 0.5) is 22.7 Å². The van der Waals surface area contributed by atoms with Crippen LogP contribution in [0.5, 0.6) is 5.88 Å². The molecule has 43 heavy (non-hydrogen) atoms. The fraction of sp³-hybridized carbons (Fsp3) is 0.152. The Morgan fingerprint density at radius 1 is 0.930 bits per heavy atom. The number of anilines is 3. The van der Waals surface area contributed by atoms with Gasteiger partial charge in [0.25, 0.3) is 5.91 Å². The number of nitrogens with zero attached hydrogens (tertiary/aromatic N) is 2. The number of carbonyl (C=O) groups excluding carboxylic acids is 2. The van der Waals surface area contributed by atoms with Gasteiger partial charge in [0, 0.05) is 29.0 Å². The topological polar surface area (TPSA) is 141 Å². The maximum absolute atomic E-state index is 13.0. The molecule has 6 rings (SSSR count). The highest BCUT2D eigenvalue weighted by molar-refractivity contribution is 6.22. The summed E-state index contributed by atoms with van der Waals surface area (Å²) < 4.78 is 5.46. The highest BCUT2D eigenvalue weighted by atomic mass is 16.6. The van der Waals surface area contributed by atoms with Crippen LogP contribution in [0.1, 0.15) is 42.3 Å². The number of ether oxygens (including phenoxy) is 1. The van der Waals surface area contributed by atoms with Gasteiger partial charge in [-0.25, -0.2) is 9.79 Å². The summed E-state index contributed by atoms with van der Waals surface area (Å²) in [5.41, 5.74) is 4.91. The number of amides is 1. The van der Waals surface area contributed by atoms with Crippen molar-refractivity contribution >= 4 is 51.2 Å². The molecule has 0 bridgehead atoms. The Bertz CT molecular complexity index is 1830. The Balaban J connectivity index is 1.30. The Morgan fingerprint density at radius 3 is 2.30 bits per heavy atom. The Labute approximate surface area is 247 Å². The third-order valence-electron chi connectivity index (χ3n) is 6.75. The van der Waals surface area contributed by atoms with Crippen LogP contribution in [-0.4, -0.2) is 44.4 Å². The second-order valence-corrected chi connectivity index (χ2v) is 11.1. The Kier molecular flexibility index (Phi) is 7.03. The van der Waals surface area contributed by atoms with Gasteiger partial charge in [-0.05, 0) is 87.5 Å². The summed E-state index contributed by atoms with van der Waals surface area (Å²) in [4.78, 5) is 37.6. The van der Waals surface area contributed by atoms with Gasteiger partial charge in [0.15, 0.2) is 12.0 Å². The Hall–Kier alpha value is -5.64.